The van der Waals surface area contributed by atoms with Crippen molar-refractivity contribution in [1.82, 2.24) is 14.4 Å². The van der Waals surface area contributed by atoms with Gasteiger partial charge in [0.05, 0.1) is 18.6 Å². The Kier molecular flexibility index (Phi) is 7.28. The number of nitrogens with zero attached hydrogens (tertiary/aromatic N) is 3. The van der Waals surface area contributed by atoms with Crippen molar-refractivity contribution >= 4 is 28.7 Å². The number of rotatable bonds is 7. The molecule has 0 saturated carbocycles. The molecule has 1 fully saturated rings. The van der Waals surface area contributed by atoms with Gasteiger partial charge in [-0.3, -0.25) is 14.4 Å². The average Bonchev–Trinajstić information content (AvgIpc) is 3.42. The molecule has 1 aromatic heterocycles. The Morgan fingerprint density at radius 1 is 1.00 bits per heavy atom. The molecule has 200 valence electrons. The summed E-state index contributed by atoms with van der Waals surface area (Å²) in [5.74, 6) is -0.533. The van der Waals surface area contributed by atoms with Gasteiger partial charge in [0.2, 0.25) is 5.91 Å². The van der Waals surface area contributed by atoms with Gasteiger partial charge in [0.25, 0.3) is 5.91 Å². The predicted molar refractivity (Wildman–Crippen MR) is 147 cm³/mol. The molecule has 3 unspecified atom stereocenters. The van der Waals surface area contributed by atoms with E-state index in [0.29, 0.717) is 38.1 Å². The van der Waals surface area contributed by atoms with E-state index in [4.69, 9.17) is 4.74 Å². The molecule has 2 amide bonds. The Bertz CT molecular complexity index is 1350. The second-order valence-corrected chi connectivity index (χ2v) is 10.6. The predicted octanol–water partition coefficient (Wildman–Crippen LogP) is 4.94. The van der Waals surface area contributed by atoms with Crippen molar-refractivity contribution in [1.29, 1.82) is 0 Å². The first kappa shape index (κ1) is 26.0. The second kappa shape index (κ2) is 10.6. The summed E-state index contributed by atoms with van der Waals surface area (Å²) in [4.78, 5) is 44.3. The monoisotopic (exact) mass is 515 g/mol. The molecule has 7 heteroatoms. The van der Waals surface area contributed by atoms with Crippen molar-refractivity contribution in [3.05, 3.63) is 71.4 Å². The van der Waals surface area contributed by atoms with Crippen LogP contribution in [-0.2, 0) is 21.4 Å². The van der Waals surface area contributed by atoms with Crippen LogP contribution in [0.4, 0.5) is 0 Å². The van der Waals surface area contributed by atoms with Gasteiger partial charge in [-0.25, -0.2) is 0 Å². The fraction of sp³-hybridized carbons (Fsp3) is 0.452. The molecular formula is C31H37N3O4. The lowest BCUT2D eigenvalue weighted by molar-refractivity contribution is -0.152. The molecule has 2 aromatic carbocycles. The zero-order valence-electron chi connectivity index (χ0n) is 22.7. The number of benzene rings is 2. The van der Waals surface area contributed by atoms with Gasteiger partial charge in [-0.15, -0.1) is 0 Å². The standard InChI is InChI=1S/C31H37N3O4/c1-5-20(3)27(30(36)33-17-15-21(16-18-33)31(37)38-6-2)34-28(23-12-7-8-13-24(23)29(34)35)25-19-32(4)26-14-10-9-11-22(25)26/h7-14,19-21,27-28H,5-6,15-18H2,1-4H3. The Morgan fingerprint density at radius 3 is 2.39 bits per heavy atom. The van der Waals surface area contributed by atoms with Crippen molar-refractivity contribution in [2.75, 3.05) is 19.7 Å². The molecule has 0 N–H and O–H groups in total. The highest BCUT2D eigenvalue weighted by Crippen LogP contribution is 2.44. The van der Waals surface area contributed by atoms with Gasteiger partial charge < -0.3 is 19.1 Å². The molecule has 0 aliphatic carbocycles. The first-order valence-electron chi connectivity index (χ1n) is 13.8. The third-order valence-corrected chi connectivity index (χ3v) is 8.38. The van der Waals surface area contributed by atoms with E-state index in [9.17, 15) is 14.4 Å². The van der Waals surface area contributed by atoms with Crippen molar-refractivity contribution in [2.45, 2.75) is 52.1 Å². The Hall–Kier alpha value is -3.61. The zero-order chi connectivity index (χ0) is 27.0. The number of fused-ring (bicyclic) bond motifs is 2. The summed E-state index contributed by atoms with van der Waals surface area (Å²) >= 11 is 0. The summed E-state index contributed by atoms with van der Waals surface area (Å²) in [7, 11) is 2.02. The van der Waals surface area contributed by atoms with Crippen molar-refractivity contribution in [3.63, 3.8) is 0 Å². The third kappa shape index (κ3) is 4.38. The minimum Gasteiger partial charge on any atom is -0.466 e. The van der Waals surface area contributed by atoms with E-state index in [1.807, 2.05) is 60.2 Å². The molecule has 1 saturated heterocycles. The lowest BCUT2D eigenvalue weighted by Gasteiger charge is -2.40. The lowest BCUT2D eigenvalue weighted by atomic mass is 9.91. The molecule has 2 aliphatic heterocycles. The smallest absolute Gasteiger partial charge is 0.309 e. The number of amides is 2. The number of likely N-dealkylation sites (tertiary alicyclic amines) is 1. The highest BCUT2D eigenvalue weighted by molar-refractivity contribution is 6.03. The number of esters is 1. The molecule has 5 rings (SSSR count). The van der Waals surface area contributed by atoms with Gasteiger partial charge in [0, 0.05) is 48.4 Å². The van der Waals surface area contributed by atoms with Gasteiger partial charge in [-0.05, 0) is 43.4 Å². The number of hydrogen-bond acceptors (Lipinski definition) is 4. The zero-order valence-corrected chi connectivity index (χ0v) is 22.7. The number of aromatic nitrogens is 1. The summed E-state index contributed by atoms with van der Waals surface area (Å²) in [5, 5.41) is 1.08. The normalized spacial score (nSPS) is 19.5. The SMILES string of the molecule is CCOC(=O)C1CCN(C(=O)C(C(C)CC)N2C(=O)c3ccccc3C2c2cn(C)c3ccccc23)CC1. The largest absolute Gasteiger partial charge is 0.466 e. The number of piperidine rings is 1. The molecule has 3 aromatic rings. The fourth-order valence-corrected chi connectivity index (χ4v) is 6.17. The van der Waals surface area contributed by atoms with E-state index in [-0.39, 0.29) is 35.7 Å². The molecular weight excluding hydrogens is 478 g/mol. The third-order valence-electron chi connectivity index (χ3n) is 8.38. The maximum Gasteiger partial charge on any atom is 0.309 e. The van der Waals surface area contributed by atoms with E-state index in [1.165, 1.54) is 0 Å². The summed E-state index contributed by atoms with van der Waals surface area (Å²) < 4.78 is 7.31. The number of carbonyl (C=O) groups excluding carboxylic acids is 3. The van der Waals surface area contributed by atoms with Gasteiger partial charge in [-0.2, -0.15) is 0 Å². The summed E-state index contributed by atoms with van der Waals surface area (Å²) in [6.45, 7) is 7.28. The molecule has 0 radical (unpaired) electrons. The minimum atomic E-state index is -0.608. The van der Waals surface area contributed by atoms with E-state index < -0.39 is 6.04 Å². The Balaban J connectivity index is 1.54. The van der Waals surface area contributed by atoms with Crippen molar-refractivity contribution in [3.8, 4) is 0 Å². The van der Waals surface area contributed by atoms with Crippen LogP contribution >= 0.6 is 0 Å². The van der Waals surface area contributed by atoms with Crippen LogP contribution in [-0.4, -0.2) is 57.9 Å². The summed E-state index contributed by atoms with van der Waals surface area (Å²) in [5.41, 5.74) is 3.72. The Morgan fingerprint density at radius 2 is 1.68 bits per heavy atom. The van der Waals surface area contributed by atoms with Crippen molar-refractivity contribution < 1.29 is 19.1 Å². The number of ether oxygens (including phenoxy) is 1. The first-order valence-corrected chi connectivity index (χ1v) is 13.8. The molecule has 3 heterocycles. The van der Waals surface area contributed by atoms with Gasteiger partial charge in [0.15, 0.2) is 0 Å². The van der Waals surface area contributed by atoms with Crippen LogP contribution in [0.1, 0.15) is 67.6 Å². The topological polar surface area (TPSA) is 71.8 Å². The maximum absolute atomic E-state index is 14.2. The van der Waals surface area contributed by atoms with Gasteiger partial charge in [0.1, 0.15) is 6.04 Å². The average molecular weight is 516 g/mol. The van der Waals surface area contributed by atoms with E-state index >= 15 is 0 Å². The minimum absolute atomic E-state index is 0.0342. The summed E-state index contributed by atoms with van der Waals surface area (Å²) in [6, 6.07) is 15.0. The molecule has 3 atom stereocenters. The summed E-state index contributed by atoms with van der Waals surface area (Å²) in [6.07, 6.45) is 4.02. The molecule has 7 nitrogen and oxygen atoms in total. The molecule has 0 bridgehead atoms. The van der Waals surface area contributed by atoms with Crippen LogP contribution in [0.2, 0.25) is 0 Å². The van der Waals surface area contributed by atoms with Crippen LogP contribution in [0, 0.1) is 11.8 Å². The first-order chi connectivity index (χ1) is 18.4. The highest BCUT2D eigenvalue weighted by atomic mass is 16.5. The van der Waals surface area contributed by atoms with E-state index in [2.05, 4.69) is 36.7 Å². The quantitative estimate of drug-likeness (QED) is 0.418. The number of aryl methyl sites for hydroxylation is 1. The van der Waals surface area contributed by atoms with Crippen LogP contribution in [0.5, 0.6) is 0 Å². The van der Waals surface area contributed by atoms with Gasteiger partial charge in [-0.1, -0.05) is 56.7 Å². The van der Waals surface area contributed by atoms with Crippen LogP contribution < -0.4 is 0 Å². The number of hydrogen-bond donors (Lipinski definition) is 0. The Labute approximate surface area is 224 Å². The molecule has 2 aliphatic rings. The number of para-hydroxylation sites is 1. The molecule has 38 heavy (non-hydrogen) atoms. The maximum atomic E-state index is 14.2. The van der Waals surface area contributed by atoms with Crippen molar-refractivity contribution in [2.24, 2.45) is 18.9 Å². The van der Waals surface area contributed by atoms with E-state index in [0.717, 1.165) is 28.5 Å². The van der Waals surface area contributed by atoms with Crippen LogP contribution in [0.25, 0.3) is 10.9 Å². The van der Waals surface area contributed by atoms with Crippen LogP contribution in [0.3, 0.4) is 0 Å². The highest BCUT2D eigenvalue weighted by Gasteiger charge is 2.47. The van der Waals surface area contributed by atoms with E-state index in [1.54, 1.807) is 0 Å². The molecule has 0 spiro atoms. The number of carbonyl (C=O) groups is 3. The lowest BCUT2D eigenvalue weighted by Crippen LogP contribution is -2.55. The van der Waals surface area contributed by atoms with Crippen LogP contribution in [0.15, 0.2) is 54.7 Å². The second-order valence-electron chi connectivity index (χ2n) is 10.6. The fourth-order valence-electron chi connectivity index (χ4n) is 6.17. The van der Waals surface area contributed by atoms with Gasteiger partial charge >= 0.3 is 5.97 Å².